The van der Waals surface area contributed by atoms with E-state index in [9.17, 15) is 4.39 Å². The van der Waals surface area contributed by atoms with Gasteiger partial charge in [0.2, 0.25) is 0 Å². The maximum Gasteiger partial charge on any atom is 0.137 e. The number of hydrogen-bond donors (Lipinski definition) is 1. The van der Waals surface area contributed by atoms with Crippen molar-refractivity contribution in [3.05, 3.63) is 69.4 Å². The summed E-state index contributed by atoms with van der Waals surface area (Å²) < 4.78 is 13.8. The summed E-state index contributed by atoms with van der Waals surface area (Å²) in [6.07, 6.45) is 0.885. The van der Waals surface area contributed by atoms with Crippen molar-refractivity contribution in [2.75, 3.05) is 7.05 Å². The lowest BCUT2D eigenvalue weighted by Crippen LogP contribution is -2.19. The Labute approximate surface area is 122 Å². The van der Waals surface area contributed by atoms with Crippen LogP contribution in [0.5, 0.6) is 0 Å². The molecule has 0 aliphatic carbocycles. The van der Waals surface area contributed by atoms with Gasteiger partial charge < -0.3 is 5.32 Å². The fraction of sp³-hybridized carbons (Fsp3) is 0.250. The standard InChI is InChI=1S/C16H17BrFN/c1-11-4-3-5-12(8-11)9-16(19-2)13-6-7-15(18)14(17)10-13/h3-8,10,16,19H,9H2,1-2H3. The molecule has 100 valence electrons. The number of rotatable bonds is 4. The highest BCUT2D eigenvalue weighted by molar-refractivity contribution is 9.10. The Kier molecular flexibility index (Phi) is 4.72. The van der Waals surface area contributed by atoms with Gasteiger partial charge >= 0.3 is 0 Å². The Hall–Kier alpha value is -1.19. The van der Waals surface area contributed by atoms with Gasteiger partial charge in [-0.3, -0.25) is 0 Å². The van der Waals surface area contributed by atoms with Gasteiger partial charge in [0.15, 0.2) is 0 Å². The third kappa shape index (κ3) is 3.64. The van der Waals surface area contributed by atoms with Crippen LogP contribution in [0.1, 0.15) is 22.7 Å². The maximum absolute atomic E-state index is 13.3. The van der Waals surface area contributed by atoms with E-state index < -0.39 is 0 Å². The molecule has 0 aliphatic heterocycles. The normalized spacial score (nSPS) is 12.4. The Morgan fingerprint density at radius 3 is 2.63 bits per heavy atom. The Morgan fingerprint density at radius 2 is 2.00 bits per heavy atom. The van der Waals surface area contributed by atoms with Crippen molar-refractivity contribution >= 4 is 15.9 Å². The van der Waals surface area contributed by atoms with Crippen LogP contribution in [0.15, 0.2) is 46.9 Å². The van der Waals surface area contributed by atoms with Crippen LogP contribution in [0.2, 0.25) is 0 Å². The summed E-state index contributed by atoms with van der Waals surface area (Å²) in [6, 6.07) is 13.8. The van der Waals surface area contributed by atoms with Crippen LogP contribution in [0.25, 0.3) is 0 Å². The Bertz CT molecular complexity index is 568. The zero-order chi connectivity index (χ0) is 13.8. The molecule has 0 saturated carbocycles. The summed E-state index contributed by atoms with van der Waals surface area (Å²) >= 11 is 3.24. The SMILES string of the molecule is CNC(Cc1cccc(C)c1)c1ccc(F)c(Br)c1. The van der Waals surface area contributed by atoms with E-state index in [1.165, 1.54) is 17.2 Å². The van der Waals surface area contributed by atoms with Crippen LogP contribution < -0.4 is 5.32 Å². The summed E-state index contributed by atoms with van der Waals surface area (Å²) in [5.41, 5.74) is 3.62. The fourth-order valence-electron chi connectivity index (χ4n) is 2.19. The molecule has 3 heteroatoms. The first kappa shape index (κ1) is 14.2. The van der Waals surface area contributed by atoms with Gasteiger partial charge in [-0.2, -0.15) is 0 Å². The van der Waals surface area contributed by atoms with Crippen LogP contribution in [-0.2, 0) is 6.42 Å². The van der Waals surface area contributed by atoms with Gasteiger partial charge in [0.25, 0.3) is 0 Å². The van der Waals surface area contributed by atoms with E-state index in [2.05, 4.69) is 52.4 Å². The van der Waals surface area contributed by atoms with Gasteiger partial charge in [0.05, 0.1) is 4.47 Å². The molecule has 1 nitrogen and oxygen atoms in total. The number of nitrogens with one attached hydrogen (secondary N) is 1. The lowest BCUT2D eigenvalue weighted by atomic mass is 9.98. The topological polar surface area (TPSA) is 12.0 Å². The molecule has 1 N–H and O–H groups in total. The van der Waals surface area contributed by atoms with Crippen molar-refractivity contribution < 1.29 is 4.39 Å². The molecule has 1 unspecified atom stereocenters. The summed E-state index contributed by atoms with van der Waals surface area (Å²) in [4.78, 5) is 0. The first-order chi connectivity index (χ1) is 9.10. The molecule has 0 fully saturated rings. The molecule has 0 radical (unpaired) electrons. The molecule has 0 spiro atoms. The van der Waals surface area contributed by atoms with Crippen molar-refractivity contribution in [3.63, 3.8) is 0 Å². The van der Waals surface area contributed by atoms with E-state index in [1.807, 2.05) is 19.2 Å². The van der Waals surface area contributed by atoms with Crippen LogP contribution >= 0.6 is 15.9 Å². The van der Waals surface area contributed by atoms with Crippen molar-refractivity contribution in [1.29, 1.82) is 0 Å². The highest BCUT2D eigenvalue weighted by Gasteiger charge is 2.12. The van der Waals surface area contributed by atoms with Gasteiger partial charge in [-0.05, 0) is 59.6 Å². The molecule has 0 amide bonds. The number of halogens is 2. The minimum absolute atomic E-state index is 0.179. The molecule has 0 heterocycles. The highest BCUT2D eigenvalue weighted by Crippen LogP contribution is 2.24. The first-order valence-electron chi connectivity index (χ1n) is 6.28. The molecule has 0 bridgehead atoms. The Morgan fingerprint density at radius 1 is 1.21 bits per heavy atom. The van der Waals surface area contributed by atoms with Gasteiger partial charge in [-0.1, -0.05) is 35.9 Å². The average Bonchev–Trinajstić information content (AvgIpc) is 2.39. The predicted molar refractivity (Wildman–Crippen MR) is 80.8 cm³/mol. The second-order valence-corrected chi connectivity index (χ2v) is 5.56. The van der Waals surface area contributed by atoms with Crippen molar-refractivity contribution in [2.45, 2.75) is 19.4 Å². The minimum atomic E-state index is -0.228. The van der Waals surface area contributed by atoms with Gasteiger partial charge in [0, 0.05) is 6.04 Å². The lowest BCUT2D eigenvalue weighted by molar-refractivity contribution is 0.583. The second kappa shape index (κ2) is 6.31. The summed E-state index contributed by atoms with van der Waals surface area (Å²) in [7, 11) is 1.93. The third-order valence-electron chi connectivity index (χ3n) is 3.22. The van der Waals surface area contributed by atoms with Gasteiger partial charge in [-0.25, -0.2) is 4.39 Å². The fourth-order valence-corrected chi connectivity index (χ4v) is 2.59. The number of benzene rings is 2. The number of likely N-dealkylation sites (N-methyl/N-ethyl adjacent to an activating group) is 1. The van der Waals surface area contributed by atoms with Crippen molar-refractivity contribution in [1.82, 2.24) is 5.32 Å². The second-order valence-electron chi connectivity index (χ2n) is 4.71. The summed E-state index contributed by atoms with van der Waals surface area (Å²) in [5, 5.41) is 3.29. The molecule has 2 aromatic carbocycles. The molecule has 1 atom stereocenters. The van der Waals surface area contributed by atoms with Gasteiger partial charge in [-0.15, -0.1) is 0 Å². The minimum Gasteiger partial charge on any atom is -0.313 e. The maximum atomic E-state index is 13.3. The highest BCUT2D eigenvalue weighted by atomic mass is 79.9. The van der Waals surface area contributed by atoms with E-state index in [1.54, 1.807) is 0 Å². The van der Waals surface area contributed by atoms with Crippen molar-refractivity contribution in [3.8, 4) is 0 Å². The van der Waals surface area contributed by atoms with E-state index in [0.29, 0.717) is 4.47 Å². The Balaban J connectivity index is 2.22. The summed E-state index contributed by atoms with van der Waals surface area (Å²) in [6.45, 7) is 2.09. The van der Waals surface area contributed by atoms with Crippen LogP contribution in [0.4, 0.5) is 4.39 Å². The van der Waals surface area contributed by atoms with Crippen LogP contribution in [0, 0.1) is 12.7 Å². The molecule has 2 aromatic rings. The quantitative estimate of drug-likeness (QED) is 0.880. The van der Waals surface area contributed by atoms with E-state index in [4.69, 9.17) is 0 Å². The average molecular weight is 322 g/mol. The zero-order valence-corrected chi connectivity index (χ0v) is 12.7. The number of aryl methyl sites for hydroxylation is 1. The van der Waals surface area contributed by atoms with Gasteiger partial charge in [0.1, 0.15) is 5.82 Å². The monoisotopic (exact) mass is 321 g/mol. The molecule has 2 rings (SSSR count). The molecular formula is C16H17BrFN. The summed E-state index contributed by atoms with van der Waals surface area (Å²) in [5.74, 6) is -0.228. The van der Waals surface area contributed by atoms with E-state index in [-0.39, 0.29) is 11.9 Å². The van der Waals surface area contributed by atoms with Crippen molar-refractivity contribution in [2.24, 2.45) is 0 Å². The molecule has 0 aromatic heterocycles. The largest absolute Gasteiger partial charge is 0.313 e. The third-order valence-corrected chi connectivity index (χ3v) is 3.82. The smallest absolute Gasteiger partial charge is 0.137 e. The predicted octanol–water partition coefficient (Wildman–Crippen LogP) is 4.40. The molecule has 0 aliphatic rings. The molecule has 19 heavy (non-hydrogen) atoms. The van der Waals surface area contributed by atoms with E-state index in [0.717, 1.165) is 12.0 Å². The zero-order valence-electron chi connectivity index (χ0n) is 11.1. The van der Waals surface area contributed by atoms with Crippen LogP contribution in [0.3, 0.4) is 0 Å². The lowest BCUT2D eigenvalue weighted by Gasteiger charge is -2.17. The molecular weight excluding hydrogens is 305 g/mol. The first-order valence-corrected chi connectivity index (χ1v) is 7.07. The number of hydrogen-bond acceptors (Lipinski definition) is 1. The molecule has 0 saturated heterocycles. The van der Waals surface area contributed by atoms with Crippen LogP contribution in [-0.4, -0.2) is 7.05 Å². The van der Waals surface area contributed by atoms with E-state index >= 15 is 0 Å².